The number of hydrogen-bond donors (Lipinski definition) is 1. The van der Waals surface area contributed by atoms with Crippen molar-refractivity contribution in [2.24, 2.45) is 0 Å². The van der Waals surface area contributed by atoms with Gasteiger partial charge >= 0.3 is 5.97 Å². The molecule has 1 heterocycles. The summed E-state index contributed by atoms with van der Waals surface area (Å²) in [4.78, 5) is 11.1. The number of carboxylic acid groups (broad SMARTS) is 1. The van der Waals surface area contributed by atoms with Crippen LogP contribution in [-0.4, -0.2) is 20.6 Å². The number of halogens is 1. The Bertz CT molecular complexity index is 544. The number of hydrogen-bond acceptors (Lipinski definition) is 3. The molecule has 1 aromatic carbocycles. The zero-order valence-corrected chi connectivity index (χ0v) is 12.4. The third-order valence-corrected chi connectivity index (χ3v) is 4.13. The van der Waals surface area contributed by atoms with Gasteiger partial charge in [0.25, 0.3) is 0 Å². The van der Waals surface area contributed by atoms with Crippen molar-refractivity contribution < 1.29 is 14.6 Å². The van der Waals surface area contributed by atoms with Gasteiger partial charge in [0.05, 0.1) is 12.6 Å². The Labute approximate surface area is 118 Å². The van der Waals surface area contributed by atoms with E-state index < -0.39 is 5.97 Å². The van der Waals surface area contributed by atoms with Crippen LogP contribution in [0.25, 0.3) is 0 Å². The molecule has 1 unspecified atom stereocenters. The van der Waals surface area contributed by atoms with E-state index >= 15 is 0 Å². The highest BCUT2D eigenvalue weighted by Crippen LogP contribution is 2.30. The van der Waals surface area contributed by atoms with E-state index in [2.05, 4.69) is 27.1 Å². The Morgan fingerprint density at radius 1 is 1.44 bits per heavy atom. The van der Waals surface area contributed by atoms with Gasteiger partial charge in [-0.15, -0.1) is 0 Å². The fourth-order valence-corrected chi connectivity index (χ4v) is 2.92. The van der Waals surface area contributed by atoms with Crippen LogP contribution in [0, 0.1) is 0 Å². The van der Waals surface area contributed by atoms with E-state index in [0.29, 0.717) is 12.4 Å². The largest absolute Gasteiger partial charge is 0.485 e. The summed E-state index contributed by atoms with van der Waals surface area (Å²) in [5, 5.41) is 13.1. The van der Waals surface area contributed by atoms with Gasteiger partial charge in [0.15, 0.2) is 11.4 Å². The van der Waals surface area contributed by atoms with E-state index in [4.69, 9.17) is 9.84 Å². The smallest absolute Gasteiger partial charge is 0.358 e. The van der Waals surface area contributed by atoms with Crippen LogP contribution in [0.3, 0.4) is 0 Å². The van der Waals surface area contributed by atoms with Gasteiger partial charge in [-0.05, 0) is 27.6 Å². The highest BCUT2D eigenvalue weighted by atomic mass is 127. The number of rotatable bonds is 5. The summed E-state index contributed by atoms with van der Waals surface area (Å²) in [5.41, 5.74) is 1.08. The van der Waals surface area contributed by atoms with Gasteiger partial charge in [-0.2, -0.15) is 5.10 Å². The van der Waals surface area contributed by atoms with E-state index in [1.807, 2.05) is 30.3 Å². The van der Waals surface area contributed by atoms with Crippen LogP contribution < -0.4 is 4.74 Å². The summed E-state index contributed by atoms with van der Waals surface area (Å²) >= 11 is 2.07. The first-order valence-electron chi connectivity index (χ1n) is 5.07. The first-order valence-corrected chi connectivity index (χ1v) is 9.13. The molecule has 7 heteroatoms. The molecular formula is C11H10IN2O3P. The lowest BCUT2D eigenvalue weighted by Crippen LogP contribution is -2.05. The fraction of sp³-hybridized carbons (Fsp3) is 0.0909. The van der Waals surface area contributed by atoms with E-state index in [1.165, 1.54) is 10.6 Å². The average molecular weight is 376 g/mol. The van der Waals surface area contributed by atoms with Crippen LogP contribution in [0.5, 0.6) is 5.75 Å². The quantitative estimate of drug-likeness (QED) is 0.644. The van der Waals surface area contributed by atoms with Gasteiger partial charge in [-0.1, -0.05) is 30.3 Å². The lowest BCUT2D eigenvalue weighted by atomic mass is 10.2. The number of aromatic nitrogens is 2. The van der Waals surface area contributed by atoms with Gasteiger partial charge < -0.3 is 9.84 Å². The summed E-state index contributed by atoms with van der Waals surface area (Å²) in [5.74, 6) is -0.727. The standard InChI is InChI=1S/C11H10IN2O3P/c12-18-14-10(11(15)16)9(6-13-14)17-7-8-4-2-1-3-5-8/h1-6,18H,7H2,(H,15,16). The molecule has 0 radical (unpaired) electrons. The molecule has 0 saturated carbocycles. The second-order valence-corrected chi connectivity index (χ2v) is 5.47. The highest BCUT2D eigenvalue weighted by molar-refractivity contribution is 14.2. The zero-order chi connectivity index (χ0) is 13.0. The van der Waals surface area contributed by atoms with Gasteiger partial charge in [-0.25, -0.2) is 9.25 Å². The lowest BCUT2D eigenvalue weighted by Gasteiger charge is -2.05. The van der Waals surface area contributed by atoms with E-state index in [0.717, 1.165) is 5.56 Å². The number of nitrogens with zero attached hydrogens (tertiary/aromatic N) is 2. The molecule has 1 atom stereocenters. The van der Waals surface area contributed by atoms with Crippen LogP contribution >= 0.6 is 28.4 Å². The van der Waals surface area contributed by atoms with E-state index in [1.54, 1.807) is 0 Å². The number of carbonyl (C=O) groups is 1. The minimum atomic E-state index is -1.03. The maximum Gasteiger partial charge on any atom is 0.358 e. The summed E-state index contributed by atoms with van der Waals surface area (Å²) < 4.78 is 6.92. The first kappa shape index (κ1) is 13.3. The Hall–Kier alpha value is -1.14. The van der Waals surface area contributed by atoms with Crippen LogP contribution in [0.15, 0.2) is 36.5 Å². The minimum Gasteiger partial charge on any atom is -0.485 e. The molecule has 5 nitrogen and oxygen atoms in total. The average Bonchev–Trinajstić information content (AvgIpc) is 2.80. The molecule has 1 N–H and O–H groups in total. The summed E-state index contributed by atoms with van der Waals surface area (Å²) in [6, 6.07) is 9.58. The summed E-state index contributed by atoms with van der Waals surface area (Å²) in [6.45, 7) is 0.331. The molecule has 18 heavy (non-hydrogen) atoms. The van der Waals surface area contributed by atoms with Crippen molar-refractivity contribution in [1.29, 1.82) is 0 Å². The molecular weight excluding hydrogens is 366 g/mol. The Morgan fingerprint density at radius 3 is 2.78 bits per heavy atom. The van der Waals surface area contributed by atoms with Crippen LogP contribution in [0.1, 0.15) is 16.1 Å². The number of ether oxygens (including phenoxy) is 1. The Morgan fingerprint density at radius 2 is 2.17 bits per heavy atom. The van der Waals surface area contributed by atoms with Crippen LogP contribution in [0.4, 0.5) is 0 Å². The maximum absolute atomic E-state index is 11.1. The molecule has 0 amide bonds. The second-order valence-electron chi connectivity index (χ2n) is 3.43. The summed E-state index contributed by atoms with van der Waals surface area (Å²) in [7, 11) is 0. The van der Waals surface area contributed by atoms with Crippen molar-refractivity contribution in [3.63, 3.8) is 0 Å². The maximum atomic E-state index is 11.1. The molecule has 0 aliphatic heterocycles. The fourth-order valence-electron chi connectivity index (χ4n) is 1.43. The van der Waals surface area contributed by atoms with Gasteiger partial charge in [0.2, 0.25) is 0 Å². The molecule has 2 rings (SSSR count). The topological polar surface area (TPSA) is 64.3 Å². The Kier molecular flexibility index (Phi) is 4.54. The predicted molar refractivity (Wildman–Crippen MR) is 77.7 cm³/mol. The van der Waals surface area contributed by atoms with Crippen LogP contribution in [0.2, 0.25) is 0 Å². The zero-order valence-electron chi connectivity index (χ0n) is 9.21. The van der Waals surface area contributed by atoms with Crippen LogP contribution in [-0.2, 0) is 6.61 Å². The third-order valence-electron chi connectivity index (χ3n) is 2.26. The molecule has 0 saturated heterocycles. The number of aromatic carboxylic acids is 1. The monoisotopic (exact) mass is 376 g/mol. The lowest BCUT2D eigenvalue weighted by molar-refractivity contribution is 0.0684. The molecule has 0 spiro atoms. The van der Waals surface area contributed by atoms with Gasteiger partial charge in [-0.3, -0.25) is 0 Å². The van der Waals surface area contributed by atoms with Crippen molar-refractivity contribution in [3.8, 4) is 5.75 Å². The molecule has 0 fully saturated rings. The SMILES string of the molecule is O=C(O)c1c(OCc2ccccc2)cnn1PI. The molecule has 1 aromatic heterocycles. The third kappa shape index (κ3) is 3.00. The van der Waals surface area contributed by atoms with Crippen molar-refractivity contribution >= 4 is 34.4 Å². The van der Waals surface area contributed by atoms with Gasteiger partial charge in [0, 0.05) is 0 Å². The van der Waals surface area contributed by atoms with E-state index in [9.17, 15) is 4.79 Å². The molecule has 0 aliphatic carbocycles. The number of carboxylic acids is 1. The molecule has 0 aliphatic rings. The predicted octanol–water partition coefficient (Wildman–Crippen LogP) is 2.95. The second kappa shape index (κ2) is 6.15. The minimum absolute atomic E-state index is 0.0960. The van der Waals surface area contributed by atoms with Gasteiger partial charge in [0.1, 0.15) is 6.61 Å². The number of benzene rings is 1. The normalized spacial score (nSPS) is 10.9. The first-order chi connectivity index (χ1) is 8.72. The van der Waals surface area contributed by atoms with Crippen molar-refractivity contribution in [3.05, 3.63) is 47.8 Å². The summed E-state index contributed by atoms with van der Waals surface area (Å²) in [6.07, 6.45) is 1.67. The van der Waals surface area contributed by atoms with Crippen molar-refractivity contribution in [2.75, 3.05) is 0 Å². The Balaban J connectivity index is 2.15. The highest BCUT2D eigenvalue weighted by Gasteiger charge is 2.18. The van der Waals surface area contributed by atoms with E-state index in [-0.39, 0.29) is 12.1 Å². The van der Waals surface area contributed by atoms with Crippen molar-refractivity contribution in [1.82, 2.24) is 9.55 Å². The molecule has 2 aromatic rings. The molecule has 0 bridgehead atoms. The van der Waals surface area contributed by atoms with Crippen molar-refractivity contribution in [2.45, 2.75) is 6.61 Å². The molecule has 94 valence electrons.